The lowest BCUT2D eigenvalue weighted by Gasteiger charge is -2.49. The molecule has 0 spiro atoms. The maximum Gasteiger partial charge on any atom is 0.408 e. The Bertz CT molecular complexity index is 537. The standard InChI is InChI=1S/C13H18N2O5S/c1-6-5-21-10-7(14-12(19)20-13(2,3)4)9(16)15(10)8(6)11(17)18/h7,10H,5H2,1-4H3,(H,14,19)(H,17,18). The predicted octanol–water partition coefficient (Wildman–Crippen LogP) is 1.15. The van der Waals surface area contributed by atoms with Crippen LogP contribution in [0.4, 0.5) is 4.79 Å². The SMILES string of the molecule is CC1=C(C(=O)O)N2C(=O)C(NC(=O)OC(C)(C)C)C2SC1. The number of carbonyl (C=O) groups is 3. The summed E-state index contributed by atoms with van der Waals surface area (Å²) in [5.74, 6) is -1.03. The van der Waals surface area contributed by atoms with Gasteiger partial charge in [0.15, 0.2) is 0 Å². The summed E-state index contributed by atoms with van der Waals surface area (Å²) in [5.41, 5.74) is 0.0118. The highest BCUT2D eigenvalue weighted by molar-refractivity contribution is 8.00. The average molecular weight is 314 g/mol. The first-order valence-electron chi connectivity index (χ1n) is 6.49. The van der Waals surface area contributed by atoms with Crippen molar-refractivity contribution >= 4 is 29.7 Å². The van der Waals surface area contributed by atoms with Crippen LogP contribution in [-0.2, 0) is 14.3 Å². The average Bonchev–Trinajstić information content (AvgIpc) is 2.33. The quantitative estimate of drug-likeness (QED) is 0.742. The molecule has 2 unspecified atom stereocenters. The van der Waals surface area contributed by atoms with Crippen molar-refractivity contribution in [3.05, 3.63) is 11.3 Å². The molecule has 0 aromatic carbocycles. The molecule has 2 aliphatic heterocycles. The molecule has 0 aromatic heterocycles. The molecule has 0 aromatic rings. The fourth-order valence-electron chi connectivity index (χ4n) is 2.21. The third-order valence-corrected chi connectivity index (χ3v) is 4.46. The number of rotatable bonds is 2. The van der Waals surface area contributed by atoms with Crippen LogP contribution in [0.5, 0.6) is 0 Å². The Morgan fingerprint density at radius 3 is 2.57 bits per heavy atom. The molecule has 7 nitrogen and oxygen atoms in total. The molecular formula is C13H18N2O5S. The van der Waals surface area contributed by atoms with Crippen LogP contribution in [0, 0.1) is 0 Å². The maximum absolute atomic E-state index is 12.1. The third-order valence-electron chi connectivity index (χ3n) is 3.03. The zero-order valence-corrected chi connectivity index (χ0v) is 13.1. The van der Waals surface area contributed by atoms with Crippen LogP contribution in [0.1, 0.15) is 27.7 Å². The Hall–Kier alpha value is -1.70. The second-order valence-electron chi connectivity index (χ2n) is 5.97. The molecule has 2 heterocycles. The van der Waals surface area contributed by atoms with E-state index in [2.05, 4.69) is 5.32 Å². The van der Waals surface area contributed by atoms with Crippen molar-refractivity contribution in [3.8, 4) is 0 Å². The van der Waals surface area contributed by atoms with E-state index in [-0.39, 0.29) is 11.1 Å². The molecule has 1 fully saturated rings. The molecular weight excluding hydrogens is 296 g/mol. The fourth-order valence-corrected chi connectivity index (χ4v) is 3.50. The number of carboxylic acids is 1. The van der Waals surface area contributed by atoms with Gasteiger partial charge in [0, 0.05) is 5.75 Å². The van der Waals surface area contributed by atoms with E-state index in [1.807, 2.05) is 0 Å². The highest BCUT2D eigenvalue weighted by Gasteiger charge is 2.54. The van der Waals surface area contributed by atoms with Gasteiger partial charge in [0.1, 0.15) is 22.7 Å². The zero-order valence-electron chi connectivity index (χ0n) is 12.3. The lowest BCUT2D eigenvalue weighted by Crippen LogP contribution is -2.70. The molecule has 2 aliphatic rings. The Morgan fingerprint density at radius 2 is 2.05 bits per heavy atom. The summed E-state index contributed by atoms with van der Waals surface area (Å²) in [6, 6.07) is -0.743. The van der Waals surface area contributed by atoms with Crippen molar-refractivity contribution in [2.24, 2.45) is 0 Å². The number of ether oxygens (including phenoxy) is 1. The van der Waals surface area contributed by atoms with Crippen LogP contribution in [0.2, 0.25) is 0 Å². The molecule has 2 rings (SSSR count). The van der Waals surface area contributed by atoms with Crippen molar-refractivity contribution in [1.29, 1.82) is 0 Å². The van der Waals surface area contributed by atoms with E-state index in [1.54, 1.807) is 27.7 Å². The largest absolute Gasteiger partial charge is 0.477 e. The van der Waals surface area contributed by atoms with Crippen LogP contribution in [0.25, 0.3) is 0 Å². The monoisotopic (exact) mass is 314 g/mol. The topological polar surface area (TPSA) is 95.9 Å². The van der Waals surface area contributed by atoms with E-state index in [1.165, 1.54) is 16.7 Å². The summed E-state index contributed by atoms with van der Waals surface area (Å²) >= 11 is 1.43. The number of aliphatic carboxylic acids is 1. The molecule has 0 saturated carbocycles. The van der Waals surface area contributed by atoms with Gasteiger partial charge in [-0.15, -0.1) is 11.8 Å². The second-order valence-corrected chi connectivity index (χ2v) is 7.07. The first kappa shape index (κ1) is 15.7. The number of nitrogens with zero attached hydrogens (tertiary/aromatic N) is 1. The van der Waals surface area contributed by atoms with Crippen molar-refractivity contribution in [2.45, 2.75) is 44.7 Å². The van der Waals surface area contributed by atoms with Crippen molar-refractivity contribution in [3.63, 3.8) is 0 Å². The van der Waals surface area contributed by atoms with E-state index in [9.17, 15) is 19.5 Å². The Balaban J connectivity index is 2.07. The molecule has 116 valence electrons. The summed E-state index contributed by atoms with van der Waals surface area (Å²) in [6.07, 6.45) is -0.677. The highest BCUT2D eigenvalue weighted by Crippen LogP contribution is 2.40. The lowest BCUT2D eigenvalue weighted by atomic mass is 10.0. The van der Waals surface area contributed by atoms with E-state index < -0.39 is 29.6 Å². The number of fused-ring (bicyclic) bond motifs is 1. The molecule has 0 aliphatic carbocycles. The molecule has 0 radical (unpaired) electrons. The van der Waals surface area contributed by atoms with Gasteiger partial charge in [-0.3, -0.25) is 9.69 Å². The van der Waals surface area contributed by atoms with Crippen molar-refractivity contribution < 1.29 is 24.2 Å². The number of hydrogen-bond acceptors (Lipinski definition) is 5. The first-order chi connectivity index (χ1) is 9.61. The third kappa shape index (κ3) is 2.99. The normalized spacial score (nSPS) is 25.1. The minimum absolute atomic E-state index is 0.0194. The van der Waals surface area contributed by atoms with E-state index in [0.717, 1.165) is 0 Å². The fraction of sp³-hybridized carbons (Fsp3) is 0.615. The Labute approximate surface area is 126 Å². The number of β-lactam (4-membered cyclic amide) rings is 1. The van der Waals surface area contributed by atoms with Gasteiger partial charge in [0.25, 0.3) is 5.91 Å². The maximum atomic E-state index is 12.1. The van der Waals surface area contributed by atoms with Crippen LogP contribution in [0.15, 0.2) is 11.3 Å². The number of carbonyl (C=O) groups excluding carboxylic acids is 2. The van der Waals surface area contributed by atoms with Crippen molar-refractivity contribution in [1.82, 2.24) is 10.2 Å². The van der Waals surface area contributed by atoms with Crippen LogP contribution >= 0.6 is 11.8 Å². The molecule has 2 atom stereocenters. The minimum Gasteiger partial charge on any atom is -0.477 e. The van der Waals surface area contributed by atoms with Crippen LogP contribution < -0.4 is 5.32 Å². The van der Waals surface area contributed by atoms with Gasteiger partial charge >= 0.3 is 12.1 Å². The summed E-state index contributed by atoms with van der Waals surface area (Å²) in [5, 5.41) is 11.3. The molecule has 8 heteroatoms. The van der Waals surface area contributed by atoms with Crippen LogP contribution in [0.3, 0.4) is 0 Å². The summed E-state index contributed by atoms with van der Waals surface area (Å²) in [4.78, 5) is 36.3. The van der Waals surface area contributed by atoms with E-state index in [0.29, 0.717) is 11.3 Å². The number of thioether (sulfide) groups is 1. The van der Waals surface area contributed by atoms with Gasteiger partial charge in [-0.2, -0.15) is 0 Å². The summed E-state index contributed by atoms with van der Waals surface area (Å²) < 4.78 is 5.11. The van der Waals surface area contributed by atoms with Gasteiger partial charge < -0.3 is 15.2 Å². The number of amides is 2. The molecule has 21 heavy (non-hydrogen) atoms. The number of hydrogen-bond donors (Lipinski definition) is 2. The van der Waals surface area contributed by atoms with Gasteiger partial charge in [-0.25, -0.2) is 9.59 Å². The number of carboxylic acid groups (broad SMARTS) is 1. The zero-order chi connectivity index (χ0) is 15.9. The highest BCUT2D eigenvalue weighted by atomic mass is 32.2. The Morgan fingerprint density at radius 1 is 1.43 bits per heavy atom. The van der Waals surface area contributed by atoms with E-state index in [4.69, 9.17) is 4.74 Å². The Kier molecular flexibility index (Phi) is 3.92. The predicted molar refractivity (Wildman–Crippen MR) is 76.6 cm³/mol. The first-order valence-corrected chi connectivity index (χ1v) is 7.54. The molecule has 2 N–H and O–H groups in total. The molecule has 2 amide bonds. The molecule has 0 bridgehead atoms. The lowest BCUT2D eigenvalue weighted by molar-refractivity contribution is -0.149. The van der Waals surface area contributed by atoms with E-state index >= 15 is 0 Å². The smallest absolute Gasteiger partial charge is 0.408 e. The molecule has 1 saturated heterocycles. The number of alkyl carbamates (subject to hydrolysis) is 1. The van der Waals surface area contributed by atoms with Crippen molar-refractivity contribution in [2.75, 3.05) is 5.75 Å². The van der Waals surface area contributed by atoms with Gasteiger partial charge in [0.05, 0.1) is 0 Å². The van der Waals surface area contributed by atoms with Crippen LogP contribution in [-0.4, -0.2) is 50.7 Å². The summed E-state index contributed by atoms with van der Waals surface area (Å²) in [6.45, 7) is 6.87. The summed E-state index contributed by atoms with van der Waals surface area (Å²) in [7, 11) is 0. The minimum atomic E-state index is -1.12. The second kappa shape index (κ2) is 5.25. The van der Waals surface area contributed by atoms with Gasteiger partial charge in [0.2, 0.25) is 0 Å². The van der Waals surface area contributed by atoms with Gasteiger partial charge in [-0.05, 0) is 33.3 Å². The van der Waals surface area contributed by atoms with Gasteiger partial charge in [-0.1, -0.05) is 0 Å². The number of nitrogens with one attached hydrogen (secondary N) is 1.